The molecule has 0 aliphatic carbocycles. The lowest BCUT2D eigenvalue weighted by atomic mass is 10.1. The number of ether oxygens (including phenoxy) is 1. The van der Waals surface area contributed by atoms with Crippen molar-refractivity contribution in [2.75, 3.05) is 36.9 Å². The van der Waals surface area contributed by atoms with E-state index in [0.29, 0.717) is 12.1 Å². The van der Waals surface area contributed by atoms with Crippen LogP contribution in [-0.4, -0.2) is 42.2 Å². The molecule has 4 rings (SSSR count). The van der Waals surface area contributed by atoms with Crippen molar-refractivity contribution in [3.63, 3.8) is 0 Å². The zero-order valence-corrected chi connectivity index (χ0v) is 16.0. The standard InChI is InChI=1S/C22H23N5O2/c23-22-25-14-19(15-26-22)16-5-3-6-17(12-16)21(28)24-13-18-4-1-2-7-20(18)27-8-10-29-11-9-27/h1-7,12,14-15H,8-11,13H2,(H,24,28)(H2,23,25,26). The first-order valence-electron chi connectivity index (χ1n) is 9.57. The zero-order chi connectivity index (χ0) is 20.1. The number of morpholine rings is 1. The normalized spacial score (nSPS) is 13.9. The molecule has 1 aliphatic rings. The quantitative estimate of drug-likeness (QED) is 0.696. The molecule has 0 atom stereocenters. The summed E-state index contributed by atoms with van der Waals surface area (Å²) in [7, 11) is 0. The van der Waals surface area contributed by atoms with E-state index in [-0.39, 0.29) is 11.9 Å². The molecule has 3 aromatic rings. The molecular weight excluding hydrogens is 366 g/mol. The van der Waals surface area contributed by atoms with E-state index >= 15 is 0 Å². The Morgan fingerprint density at radius 2 is 1.79 bits per heavy atom. The maximum Gasteiger partial charge on any atom is 0.251 e. The lowest BCUT2D eigenvalue weighted by Gasteiger charge is -2.30. The third-order valence-corrected chi connectivity index (χ3v) is 4.91. The third kappa shape index (κ3) is 4.52. The van der Waals surface area contributed by atoms with Gasteiger partial charge in [-0.2, -0.15) is 0 Å². The van der Waals surface area contributed by atoms with E-state index in [9.17, 15) is 4.79 Å². The van der Waals surface area contributed by atoms with E-state index < -0.39 is 0 Å². The molecule has 7 heteroatoms. The van der Waals surface area contributed by atoms with Crippen LogP contribution in [0, 0.1) is 0 Å². The maximum absolute atomic E-state index is 12.7. The number of carbonyl (C=O) groups excluding carboxylic acids is 1. The first-order chi connectivity index (χ1) is 14.2. The van der Waals surface area contributed by atoms with Gasteiger partial charge in [-0.05, 0) is 29.3 Å². The number of anilines is 2. The third-order valence-electron chi connectivity index (χ3n) is 4.91. The minimum Gasteiger partial charge on any atom is -0.378 e. The number of nitrogens with zero attached hydrogens (tertiary/aromatic N) is 3. The monoisotopic (exact) mass is 389 g/mol. The molecule has 1 fully saturated rings. The molecule has 1 amide bonds. The van der Waals surface area contributed by atoms with Crippen LogP contribution in [-0.2, 0) is 11.3 Å². The lowest BCUT2D eigenvalue weighted by molar-refractivity contribution is 0.0950. The van der Waals surface area contributed by atoms with Gasteiger partial charge >= 0.3 is 0 Å². The number of amides is 1. The summed E-state index contributed by atoms with van der Waals surface area (Å²) < 4.78 is 5.44. The van der Waals surface area contributed by atoms with E-state index in [1.807, 2.05) is 36.4 Å². The Bertz CT molecular complexity index is 985. The van der Waals surface area contributed by atoms with Crippen LogP contribution in [0.25, 0.3) is 11.1 Å². The van der Waals surface area contributed by atoms with Crippen molar-refractivity contribution in [3.05, 3.63) is 72.1 Å². The van der Waals surface area contributed by atoms with E-state index in [4.69, 9.17) is 10.5 Å². The second-order valence-electron chi connectivity index (χ2n) is 6.82. The largest absolute Gasteiger partial charge is 0.378 e. The number of nitrogens with one attached hydrogen (secondary N) is 1. The topological polar surface area (TPSA) is 93.4 Å². The molecule has 2 aromatic carbocycles. The lowest BCUT2D eigenvalue weighted by Crippen LogP contribution is -2.37. The summed E-state index contributed by atoms with van der Waals surface area (Å²) in [6.45, 7) is 3.62. The predicted octanol–water partition coefficient (Wildman–Crippen LogP) is 2.49. The van der Waals surface area contributed by atoms with Gasteiger partial charge in [-0.25, -0.2) is 9.97 Å². The van der Waals surface area contributed by atoms with Crippen molar-refractivity contribution in [1.82, 2.24) is 15.3 Å². The summed E-state index contributed by atoms with van der Waals surface area (Å²) >= 11 is 0. The second-order valence-corrected chi connectivity index (χ2v) is 6.82. The molecule has 1 saturated heterocycles. The maximum atomic E-state index is 12.7. The van der Waals surface area contributed by atoms with Gasteiger partial charge in [-0.1, -0.05) is 30.3 Å². The van der Waals surface area contributed by atoms with Crippen molar-refractivity contribution < 1.29 is 9.53 Å². The number of aromatic nitrogens is 2. The van der Waals surface area contributed by atoms with Gasteiger partial charge < -0.3 is 20.7 Å². The van der Waals surface area contributed by atoms with Crippen LogP contribution >= 0.6 is 0 Å². The number of hydrogen-bond donors (Lipinski definition) is 2. The summed E-state index contributed by atoms with van der Waals surface area (Å²) in [4.78, 5) is 23.1. The minimum atomic E-state index is -0.125. The highest BCUT2D eigenvalue weighted by atomic mass is 16.5. The van der Waals surface area contributed by atoms with E-state index in [0.717, 1.165) is 48.7 Å². The van der Waals surface area contributed by atoms with Gasteiger partial charge in [0.15, 0.2) is 0 Å². The molecule has 3 N–H and O–H groups in total. The van der Waals surface area contributed by atoms with E-state index in [2.05, 4.69) is 26.3 Å². The summed E-state index contributed by atoms with van der Waals surface area (Å²) in [5.74, 6) is 0.0987. The SMILES string of the molecule is Nc1ncc(-c2cccc(C(=O)NCc3ccccc3N3CCOCC3)c2)cn1. The number of carbonyl (C=O) groups is 1. The zero-order valence-electron chi connectivity index (χ0n) is 16.0. The van der Waals surface area contributed by atoms with Gasteiger partial charge in [0.25, 0.3) is 5.91 Å². The molecule has 0 bridgehead atoms. The Balaban J connectivity index is 1.47. The Kier molecular flexibility index (Phi) is 5.67. The summed E-state index contributed by atoms with van der Waals surface area (Å²) in [5.41, 5.74) is 10.0. The average molecular weight is 389 g/mol. The number of para-hydroxylation sites is 1. The van der Waals surface area contributed by atoms with Crippen LogP contribution in [0.15, 0.2) is 60.9 Å². The number of hydrogen-bond acceptors (Lipinski definition) is 6. The molecule has 0 radical (unpaired) electrons. The average Bonchev–Trinajstić information content (AvgIpc) is 2.79. The fourth-order valence-corrected chi connectivity index (χ4v) is 3.38. The predicted molar refractivity (Wildman–Crippen MR) is 113 cm³/mol. The van der Waals surface area contributed by atoms with Crippen LogP contribution in [0.3, 0.4) is 0 Å². The van der Waals surface area contributed by atoms with Gasteiger partial charge in [-0.3, -0.25) is 4.79 Å². The number of nitrogens with two attached hydrogens (primary N) is 1. The van der Waals surface area contributed by atoms with Gasteiger partial charge in [0.1, 0.15) is 0 Å². The van der Waals surface area contributed by atoms with Crippen LogP contribution in [0.2, 0.25) is 0 Å². The fraction of sp³-hybridized carbons (Fsp3) is 0.227. The molecule has 148 valence electrons. The highest BCUT2D eigenvalue weighted by Gasteiger charge is 2.15. The van der Waals surface area contributed by atoms with Gasteiger partial charge in [0.2, 0.25) is 5.95 Å². The van der Waals surface area contributed by atoms with Gasteiger partial charge in [-0.15, -0.1) is 0 Å². The minimum absolute atomic E-state index is 0.125. The van der Waals surface area contributed by atoms with Crippen molar-refractivity contribution in [2.45, 2.75) is 6.54 Å². The highest BCUT2D eigenvalue weighted by Crippen LogP contribution is 2.22. The van der Waals surface area contributed by atoms with Crippen molar-refractivity contribution >= 4 is 17.5 Å². The first-order valence-corrected chi connectivity index (χ1v) is 9.57. The number of benzene rings is 2. The molecule has 0 unspecified atom stereocenters. The molecule has 7 nitrogen and oxygen atoms in total. The Morgan fingerprint density at radius 3 is 2.59 bits per heavy atom. The summed E-state index contributed by atoms with van der Waals surface area (Å²) in [6.07, 6.45) is 3.30. The van der Waals surface area contributed by atoms with Crippen LogP contribution < -0.4 is 16.0 Å². The first kappa shape index (κ1) is 18.9. The summed E-state index contributed by atoms with van der Waals surface area (Å²) in [5, 5.41) is 3.03. The van der Waals surface area contributed by atoms with Crippen LogP contribution in [0.5, 0.6) is 0 Å². The Labute approximate surface area is 169 Å². The van der Waals surface area contributed by atoms with Crippen LogP contribution in [0.4, 0.5) is 11.6 Å². The van der Waals surface area contributed by atoms with Gasteiger partial charge in [0.05, 0.1) is 13.2 Å². The fourth-order valence-electron chi connectivity index (χ4n) is 3.38. The van der Waals surface area contributed by atoms with E-state index in [1.54, 1.807) is 18.5 Å². The van der Waals surface area contributed by atoms with Crippen LogP contribution in [0.1, 0.15) is 15.9 Å². The summed E-state index contributed by atoms with van der Waals surface area (Å²) in [6, 6.07) is 15.5. The Hall–Kier alpha value is -3.45. The van der Waals surface area contributed by atoms with Gasteiger partial charge in [0, 0.05) is 48.8 Å². The Morgan fingerprint density at radius 1 is 1.03 bits per heavy atom. The number of rotatable bonds is 5. The molecule has 2 heterocycles. The van der Waals surface area contributed by atoms with Crippen molar-refractivity contribution in [3.8, 4) is 11.1 Å². The van der Waals surface area contributed by atoms with Crippen molar-refractivity contribution in [1.29, 1.82) is 0 Å². The van der Waals surface area contributed by atoms with Crippen molar-refractivity contribution in [2.24, 2.45) is 0 Å². The molecule has 29 heavy (non-hydrogen) atoms. The second kappa shape index (κ2) is 8.70. The highest BCUT2D eigenvalue weighted by molar-refractivity contribution is 5.95. The molecular formula is C22H23N5O2. The smallest absolute Gasteiger partial charge is 0.251 e. The van der Waals surface area contributed by atoms with E-state index in [1.165, 1.54) is 0 Å². The molecule has 0 spiro atoms. The molecule has 0 saturated carbocycles. The molecule has 1 aromatic heterocycles. The molecule has 1 aliphatic heterocycles. The number of nitrogen functional groups attached to an aromatic ring is 1.